The van der Waals surface area contributed by atoms with Gasteiger partial charge in [0.1, 0.15) is 5.82 Å². The van der Waals surface area contributed by atoms with Crippen molar-refractivity contribution >= 4 is 5.97 Å². The van der Waals surface area contributed by atoms with Crippen molar-refractivity contribution in [3.8, 4) is 11.3 Å². The Balaban J connectivity index is 2.10. The molecule has 2 aromatic rings. The molecule has 0 bridgehead atoms. The molecule has 1 aliphatic carbocycles. The van der Waals surface area contributed by atoms with Crippen LogP contribution in [0.4, 0.5) is 4.39 Å². The summed E-state index contributed by atoms with van der Waals surface area (Å²) in [5.41, 5.74) is 1.20. The summed E-state index contributed by atoms with van der Waals surface area (Å²) in [6.07, 6.45) is 4.52. The monoisotopic (exact) mass is 332 g/mol. The van der Waals surface area contributed by atoms with Crippen molar-refractivity contribution < 1.29 is 19.0 Å². The quantitative estimate of drug-likeness (QED) is 0.872. The van der Waals surface area contributed by atoms with Crippen LogP contribution in [-0.4, -0.2) is 33.3 Å². The molecule has 0 amide bonds. The van der Waals surface area contributed by atoms with Gasteiger partial charge in [0.15, 0.2) is 5.69 Å². The van der Waals surface area contributed by atoms with E-state index in [1.54, 1.807) is 30.0 Å². The average Bonchev–Trinajstić information content (AvgIpc) is 3.00. The molecule has 6 heteroatoms. The van der Waals surface area contributed by atoms with Crippen LogP contribution in [-0.2, 0) is 4.74 Å². The molecule has 1 aromatic heterocycles. The van der Waals surface area contributed by atoms with Gasteiger partial charge in [0.2, 0.25) is 0 Å². The number of ether oxygens (including phenoxy) is 1. The van der Waals surface area contributed by atoms with Gasteiger partial charge >= 0.3 is 5.97 Å². The molecular formula is C18H21FN2O3. The smallest absolute Gasteiger partial charge is 0.359 e. The normalized spacial score (nSPS) is 20.8. The Morgan fingerprint density at radius 1 is 1.42 bits per heavy atom. The highest BCUT2D eigenvalue weighted by molar-refractivity contribution is 5.94. The molecule has 1 aromatic carbocycles. The lowest BCUT2D eigenvalue weighted by molar-refractivity contribution is 0.0519. The summed E-state index contributed by atoms with van der Waals surface area (Å²) in [7, 11) is 0. The maximum Gasteiger partial charge on any atom is 0.359 e. The molecule has 0 spiro atoms. The summed E-state index contributed by atoms with van der Waals surface area (Å²) in [6.45, 7) is 1.96. The second-order valence-corrected chi connectivity index (χ2v) is 6.00. The number of aliphatic hydroxyl groups excluding tert-OH is 1. The first kappa shape index (κ1) is 16.6. The minimum atomic E-state index is -0.541. The highest BCUT2D eigenvalue weighted by atomic mass is 19.1. The number of esters is 1. The Morgan fingerprint density at radius 2 is 2.21 bits per heavy atom. The molecule has 1 N–H and O–H groups in total. The Bertz CT molecular complexity index is 729. The molecular weight excluding hydrogens is 311 g/mol. The summed E-state index contributed by atoms with van der Waals surface area (Å²) in [4.78, 5) is 16.5. The number of hydrogen-bond acceptors (Lipinski definition) is 4. The largest absolute Gasteiger partial charge is 0.461 e. The topological polar surface area (TPSA) is 64.3 Å². The van der Waals surface area contributed by atoms with Crippen molar-refractivity contribution in [1.29, 1.82) is 0 Å². The van der Waals surface area contributed by atoms with E-state index in [0.29, 0.717) is 17.7 Å². The van der Waals surface area contributed by atoms with Gasteiger partial charge in [0, 0.05) is 5.56 Å². The van der Waals surface area contributed by atoms with Gasteiger partial charge in [-0.1, -0.05) is 25.0 Å². The van der Waals surface area contributed by atoms with Gasteiger partial charge in [-0.05, 0) is 31.9 Å². The van der Waals surface area contributed by atoms with E-state index < -0.39 is 12.1 Å². The Hall–Kier alpha value is -2.21. The third-order valence-corrected chi connectivity index (χ3v) is 4.41. The SMILES string of the molecule is CCOC(=O)c1ncn([C@H]2CCCC[C@@H]2O)c1-c1cccc(F)c1. The van der Waals surface area contributed by atoms with E-state index in [-0.39, 0.29) is 24.2 Å². The zero-order chi connectivity index (χ0) is 17.1. The van der Waals surface area contributed by atoms with Gasteiger partial charge < -0.3 is 14.4 Å². The van der Waals surface area contributed by atoms with Crippen LogP contribution in [0.5, 0.6) is 0 Å². The van der Waals surface area contributed by atoms with E-state index in [4.69, 9.17) is 4.74 Å². The maximum atomic E-state index is 13.7. The van der Waals surface area contributed by atoms with Crippen LogP contribution in [0.3, 0.4) is 0 Å². The van der Waals surface area contributed by atoms with Crippen LogP contribution in [0, 0.1) is 5.82 Å². The molecule has 2 atom stereocenters. The number of aromatic nitrogens is 2. The number of halogens is 1. The average molecular weight is 332 g/mol. The van der Waals surface area contributed by atoms with Crippen molar-refractivity contribution in [3.63, 3.8) is 0 Å². The molecule has 3 rings (SSSR count). The second-order valence-electron chi connectivity index (χ2n) is 6.00. The highest BCUT2D eigenvalue weighted by Crippen LogP contribution is 2.34. The number of nitrogens with zero attached hydrogens (tertiary/aromatic N) is 2. The molecule has 1 heterocycles. The summed E-state index contributed by atoms with van der Waals surface area (Å²) >= 11 is 0. The van der Waals surface area contributed by atoms with Crippen molar-refractivity contribution in [1.82, 2.24) is 9.55 Å². The minimum absolute atomic E-state index is 0.153. The van der Waals surface area contributed by atoms with Crippen LogP contribution < -0.4 is 0 Å². The number of rotatable bonds is 4. The number of imidazole rings is 1. The lowest BCUT2D eigenvalue weighted by Gasteiger charge is -2.30. The van der Waals surface area contributed by atoms with E-state index in [1.807, 2.05) is 0 Å². The maximum absolute atomic E-state index is 13.7. The predicted molar refractivity (Wildman–Crippen MR) is 87.1 cm³/mol. The minimum Gasteiger partial charge on any atom is -0.461 e. The molecule has 0 saturated heterocycles. The van der Waals surface area contributed by atoms with Crippen LogP contribution in [0.2, 0.25) is 0 Å². The predicted octanol–water partition coefficient (Wildman–Crippen LogP) is 3.34. The Labute approximate surface area is 140 Å². The fraction of sp³-hybridized carbons (Fsp3) is 0.444. The molecule has 1 aliphatic rings. The van der Waals surface area contributed by atoms with Crippen LogP contribution in [0.25, 0.3) is 11.3 Å². The number of carbonyl (C=O) groups excluding carboxylic acids is 1. The van der Waals surface area contributed by atoms with Gasteiger partial charge in [0.05, 0.1) is 30.8 Å². The zero-order valence-corrected chi connectivity index (χ0v) is 13.6. The van der Waals surface area contributed by atoms with Crippen LogP contribution in [0.15, 0.2) is 30.6 Å². The van der Waals surface area contributed by atoms with Crippen molar-refractivity contribution in [3.05, 3.63) is 42.1 Å². The van der Waals surface area contributed by atoms with Gasteiger partial charge in [0.25, 0.3) is 0 Å². The number of aliphatic hydroxyl groups is 1. The summed E-state index contributed by atoms with van der Waals surface area (Å²) in [5, 5.41) is 10.4. The number of carbonyl (C=O) groups is 1. The first-order valence-corrected chi connectivity index (χ1v) is 8.29. The van der Waals surface area contributed by atoms with E-state index in [1.165, 1.54) is 12.1 Å². The van der Waals surface area contributed by atoms with E-state index in [0.717, 1.165) is 19.3 Å². The van der Waals surface area contributed by atoms with Gasteiger partial charge in [-0.2, -0.15) is 0 Å². The molecule has 24 heavy (non-hydrogen) atoms. The van der Waals surface area contributed by atoms with E-state index >= 15 is 0 Å². The zero-order valence-electron chi connectivity index (χ0n) is 13.6. The van der Waals surface area contributed by atoms with Crippen molar-refractivity contribution in [2.24, 2.45) is 0 Å². The third-order valence-electron chi connectivity index (χ3n) is 4.41. The van der Waals surface area contributed by atoms with Gasteiger partial charge in [-0.3, -0.25) is 0 Å². The summed E-state index contributed by atoms with van der Waals surface area (Å²) in [5.74, 6) is -0.930. The van der Waals surface area contributed by atoms with Crippen molar-refractivity contribution in [2.75, 3.05) is 6.61 Å². The molecule has 0 aliphatic heterocycles. The van der Waals surface area contributed by atoms with Gasteiger partial charge in [-0.25, -0.2) is 14.2 Å². The van der Waals surface area contributed by atoms with Crippen LogP contribution in [0.1, 0.15) is 49.1 Å². The fourth-order valence-corrected chi connectivity index (χ4v) is 3.30. The lowest BCUT2D eigenvalue weighted by Crippen LogP contribution is -2.27. The molecule has 1 fully saturated rings. The third kappa shape index (κ3) is 3.19. The molecule has 0 radical (unpaired) electrons. The number of hydrogen-bond donors (Lipinski definition) is 1. The first-order chi connectivity index (χ1) is 11.6. The molecule has 5 nitrogen and oxygen atoms in total. The lowest BCUT2D eigenvalue weighted by atomic mass is 9.92. The van der Waals surface area contributed by atoms with Crippen molar-refractivity contribution in [2.45, 2.75) is 44.8 Å². The molecule has 1 saturated carbocycles. The summed E-state index contributed by atoms with van der Waals surface area (Å²) < 4.78 is 20.6. The molecule has 128 valence electrons. The van der Waals surface area contributed by atoms with Crippen LogP contribution >= 0.6 is 0 Å². The Kier molecular flexibility index (Phi) is 4.94. The van der Waals surface area contributed by atoms with Gasteiger partial charge in [-0.15, -0.1) is 0 Å². The first-order valence-electron chi connectivity index (χ1n) is 8.29. The highest BCUT2D eigenvalue weighted by Gasteiger charge is 2.30. The standard InChI is InChI=1S/C18H21FN2O3/c1-2-24-18(23)16-17(12-6-5-7-13(19)10-12)21(11-20-16)14-8-3-4-9-15(14)22/h5-7,10-11,14-15,22H,2-4,8-9H2,1H3/t14-,15-/m0/s1. The second kappa shape index (κ2) is 7.13. The number of benzene rings is 1. The fourth-order valence-electron chi connectivity index (χ4n) is 3.30. The van der Waals surface area contributed by atoms with E-state index in [9.17, 15) is 14.3 Å². The summed E-state index contributed by atoms with van der Waals surface area (Å²) in [6, 6.07) is 5.87. The Morgan fingerprint density at radius 3 is 2.92 bits per heavy atom. The molecule has 0 unspecified atom stereocenters. The van der Waals surface area contributed by atoms with E-state index in [2.05, 4.69) is 4.98 Å².